The van der Waals surface area contributed by atoms with Crippen molar-refractivity contribution in [1.82, 2.24) is 9.97 Å². The van der Waals surface area contributed by atoms with E-state index in [0.717, 1.165) is 6.42 Å². The van der Waals surface area contributed by atoms with Crippen LogP contribution in [0.1, 0.15) is 37.4 Å². The number of carbonyl (C=O) groups excluding carboxylic acids is 2. The predicted octanol–water partition coefficient (Wildman–Crippen LogP) is 5.39. The number of carbonyl (C=O) groups is 2. The smallest absolute Gasteiger partial charge is 0.302 e. The number of anilines is 1. The summed E-state index contributed by atoms with van der Waals surface area (Å²) in [6.07, 6.45) is 0.818. The minimum atomic E-state index is -0.990. The van der Waals surface area contributed by atoms with E-state index in [0.29, 0.717) is 52.6 Å². The Hall–Kier alpha value is -4.79. The SMILES string of the molecule is CCCOc1cccc(/C(O)=C2\C(=O)C(=O)N(c3nc4ccccc4[nH]3)C2c2ccc(OC)c(OCC)c2)c1. The van der Waals surface area contributed by atoms with Crippen molar-refractivity contribution in [3.05, 3.63) is 83.4 Å². The Bertz CT molecular complexity index is 1540. The molecule has 5 rings (SSSR count). The van der Waals surface area contributed by atoms with Crippen molar-refractivity contribution in [3.8, 4) is 17.2 Å². The summed E-state index contributed by atoms with van der Waals surface area (Å²) < 4.78 is 16.9. The van der Waals surface area contributed by atoms with E-state index in [2.05, 4.69) is 9.97 Å². The molecule has 1 unspecified atom stereocenters. The monoisotopic (exact) mass is 527 g/mol. The molecule has 2 heterocycles. The lowest BCUT2D eigenvalue weighted by atomic mass is 9.95. The second kappa shape index (κ2) is 10.9. The molecule has 1 aliphatic rings. The highest BCUT2D eigenvalue weighted by molar-refractivity contribution is 6.51. The molecule has 39 heavy (non-hydrogen) atoms. The minimum Gasteiger partial charge on any atom is -0.507 e. The zero-order valence-corrected chi connectivity index (χ0v) is 21.9. The van der Waals surface area contributed by atoms with Crippen LogP contribution in [0.25, 0.3) is 16.8 Å². The van der Waals surface area contributed by atoms with E-state index < -0.39 is 17.7 Å². The summed E-state index contributed by atoms with van der Waals surface area (Å²) in [5, 5.41) is 11.5. The van der Waals surface area contributed by atoms with Crippen molar-refractivity contribution >= 4 is 34.4 Å². The van der Waals surface area contributed by atoms with Gasteiger partial charge in [-0.3, -0.25) is 14.5 Å². The fraction of sp³-hybridized carbons (Fsp3) is 0.233. The van der Waals surface area contributed by atoms with Crippen LogP contribution in [-0.2, 0) is 9.59 Å². The zero-order chi connectivity index (χ0) is 27.5. The van der Waals surface area contributed by atoms with Crippen LogP contribution in [0, 0.1) is 0 Å². The van der Waals surface area contributed by atoms with Crippen LogP contribution in [0.2, 0.25) is 0 Å². The molecule has 1 amide bonds. The summed E-state index contributed by atoms with van der Waals surface area (Å²) in [4.78, 5) is 36.1. The van der Waals surface area contributed by atoms with Crippen molar-refractivity contribution in [3.63, 3.8) is 0 Å². The maximum absolute atomic E-state index is 13.6. The zero-order valence-electron chi connectivity index (χ0n) is 21.9. The highest BCUT2D eigenvalue weighted by Gasteiger charge is 2.48. The molecule has 200 valence electrons. The molecule has 4 aromatic rings. The molecular formula is C30H29N3O6. The van der Waals surface area contributed by atoms with Gasteiger partial charge in [-0.15, -0.1) is 0 Å². The average molecular weight is 528 g/mol. The molecule has 1 aliphatic heterocycles. The molecule has 0 saturated carbocycles. The molecule has 1 saturated heterocycles. The van der Waals surface area contributed by atoms with Crippen LogP contribution < -0.4 is 19.1 Å². The van der Waals surface area contributed by atoms with Crippen molar-refractivity contribution < 1.29 is 28.9 Å². The van der Waals surface area contributed by atoms with Crippen molar-refractivity contribution in [2.75, 3.05) is 25.2 Å². The molecule has 0 aliphatic carbocycles. The number of para-hydroxylation sites is 2. The van der Waals surface area contributed by atoms with Gasteiger partial charge in [0, 0.05) is 5.56 Å². The molecule has 0 spiro atoms. The van der Waals surface area contributed by atoms with E-state index >= 15 is 0 Å². The average Bonchev–Trinajstić information content (AvgIpc) is 3.50. The number of rotatable bonds is 9. The summed E-state index contributed by atoms with van der Waals surface area (Å²) in [7, 11) is 1.53. The molecule has 3 aromatic carbocycles. The van der Waals surface area contributed by atoms with Gasteiger partial charge in [-0.1, -0.05) is 37.3 Å². The maximum Gasteiger partial charge on any atom is 0.302 e. The van der Waals surface area contributed by atoms with Crippen LogP contribution in [0.4, 0.5) is 5.95 Å². The normalized spacial score (nSPS) is 16.6. The molecule has 2 N–H and O–H groups in total. The highest BCUT2D eigenvalue weighted by Crippen LogP contribution is 2.44. The first-order valence-corrected chi connectivity index (χ1v) is 12.8. The van der Waals surface area contributed by atoms with Gasteiger partial charge in [-0.05, 0) is 55.3 Å². The fourth-order valence-corrected chi connectivity index (χ4v) is 4.66. The van der Waals surface area contributed by atoms with Gasteiger partial charge in [0.05, 0.1) is 43.0 Å². The number of Topliss-reactive ketones (excluding diaryl/α,β-unsaturated/α-hetero) is 1. The number of H-pyrrole nitrogens is 1. The lowest BCUT2D eigenvalue weighted by Gasteiger charge is -2.24. The number of ketones is 1. The van der Waals surface area contributed by atoms with Crippen molar-refractivity contribution in [1.29, 1.82) is 0 Å². The topological polar surface area (TPSA) is 114 Å². The van der Waals surface area contributed by atoms with Crippen LogP contribution in [0.5, 0.6) is 17.2 Å². The fourth-order valence-electron chi connectivity index (χ4n) is 4.66. The Kier molecular flexibility index (Phi) is 7.23. The number of aromatic nitrogens is 2. The first-order chi connectivity index (χ1) is 19.0. The quantitative estimate of drug-likeness (QED) is 0.171. The van der Waals surface area contributed by atoms with Gasteiger partial charge in [0.15, 0.2) is 11.5 Å². The first kappa shape index (κ1) is 25.8. The third-order valence-electron chi connectivity index (χ3n) is 6.43. The van der Waals surface area contributed by atoms with E-state index in [1.807, 2.05) is 38.1 Å². The summed E-state index contributed by atoms with van der Waals surface area (Å²) in [6, 6.07) is 18.3. The molecule has 0 radical (unpaired) electrons. The molecule has 1 fully saturated rings. The van der Waals surface area contributed by atoms with Crippen LogP contribution in [0.3, 0.4) is 0 Å². The molecule has 1 aromatic heterocycles. The lowest BCUT2D eigenvalue weighted by molar-refractivity contribution is -0.132. The maximum atomic E-state index is 13.6. The van der Waals surface area contributed by atoms with Crippen LogP contribution >= 0.6 is 0 Å². The number of aromatic amines is 1. The number of imidazole rings is 1. The van der Waals surface area contributed by atoms with Crippen LogP contribution in [0.15, 0.2) is 72.3 Å². The van der Waals surface area contributed by atoms with Gasteiger partial charge in [-0.2, -0.15) is 0 Å². The van der Waals surface area contributed by atoms with Gasteiger partial charge in [-0.25, -0.2) is 4.98 Å². The largest absolute Gasteiger partial charge is 0.507 e. The van der Waals surface area contributed by atoms with Crippen molar-refractivity contribution in [2.24, 2.45) is 0 Å². The van der Waals surface area contributed by atoms with Gasteiger partial charge in [0.1, 0.15) is 11.5 Å². The number of ether oxygens (including phenoxy) is 3. The van der Waals surface area contributed by atoms with E-state index in [4.69, 9.17) is 14.2 Å². The Morgan fingerprint density at radius 2 is 1.82 bits per heavy atom. The summed E-state index contributed by atoms with van der Waals surface area (Å²) in [5.74, 6) is -0.264. The molecule has 1 atom stereocenters. The Morgan fingerprint density at radius 3 is 2.56 bits per heavy atom. The lowest BCUT2D eigenvalue weighted by Crippen LogP contribution is -2.30. The number of aliphatic hydroxyl groups excluding tert-OH is 1. The third kappa shape index (κ3) is 4.79. The van der Waals surface area contributed by atoms with E-state index in [9.17, 15) is 14.7 Å². The first-order valence-electron chi connectivity index (χ1n) is 12.8. The van der Waals surface area contributed by atoms with Gasteiger partial charge >= 0.3 is 5.91 Å². The molecule has 0 bridgehead atoms. The number of aliphatic hydroxyl groups is 1. The number of amides is 1. The molecular weight excluding hydrogens is 498 g/mol. The van der Waals surface area contributed by atoms with Gasteiger partial charge < -0.3 is 24.3 Å². The summed E-state index contributed by atoms with van der Waals surface area (Å²) in [6.45, 7) is 4.73. The van der Waals surface area contributed by atoms with Crippen LogP contribution in [-0.4, -0.2) is 47.1 Å². The number of benzene rings is 3. The van der Waals surface area contributed by atoms with Gasteiger partial charge in [0.2, 0.25) is 5.95 Å². The summed E-state index contributed by atoms with van der Waals surface area (Å²) in [5.41, 5.74) is 2.17. The van der Waals surface area contributed by atoms with E-state index in [1.54, 1.807) is 42.5 Å². The predicted molar refractivity (Wildman–Crippen MR) is 147 cm³/mol. The minimum absolute atomic E-state index is 0.0688. The van der Waals surface area contributed by atoms with Crippen molar-refractivity contribution in [2.45, 2.75) is 26.3 Å². The number of nitrogens with zero attached hydrogens (tertiary/aromatic N) is 2. The molecule has 9 nitrogen and oxygen atoms in total. The number of fused-ring (bicyclic) bond motifs is 1. The second-order valence-corrected chi connectivity index (χ2v) is 8.97. The number of nitrogens with one attached hydrogen (secondary N) is 1. The standard InChI is InChI=1S/C30H29N3O6/c1-4-15-39-20-10-8-9-19(16-20)27(34)25-26(18-13-14-23(37-3)24(17-18)38-5-2)33(29(36)28(25)35)30-31-21-11-6-7-12-22(21)32-30/h6-14,16-17,26,34H,4-5,15H2,1-3H3,(H,31,32)/b27-25+. The Labute approximate surface area is 225 Å². The molecule has 9 heteroatoms. The second-order valence-electron chi connectivity index (χ2n) is 8.97. The van der Waals surface area contributed by atoms with Gasteiger partial charge in [0.25, 0.3) is 5.78 Å². The number of methoxy groups -OCH3 is 1. The third-order valence-corrected chi connectivity index (χ3v) is 6.43. The summed E-state index contributed by atoms with van der Waals surface area (Å²) >= 11 is 0. The number of hydrogen-bond acceptors (Lipinski definition) is 7. The van der Waals surface area contributed by atoms with E-state index in [1.165, 1.54) is 12.0 Å². The van der Waals surface area contributed by atoms with E-state index in [-0.39, 0.29) is 17.3 Å². The Morgan fingerprint density at radius 1 is 1.00 bits per heavy atom. The number of hydrogen-bond donors (Lipinski definition) is 2. The highest BCUT2D eigenvalue weighted by atomic mass is 16.5. The Balaban J connectivity index is 1.71.